The third-order valence-corrected chi connectivity index (χ3v) is 7.10. The van der Waals surface area contributed by atoms with Crippen LogP contribution in [0.2, 0.25) is 0 Å². The normalized spacial score (nSPS) is 26.9. The largest absolute Gasteiger partial charge is 0.377 e. The lowest BCUT2D eigenvalue weighted by Crippen LogP contribution is -2.57. The lowest BCUT2D eigenvalue weighted by molar-refractivity contribution is 0.122. The molecule has 1 unspecified atom stereocenters. The second-order valence-corrected chi connectivity index (χ2v) is 8.36. The molecule has 0 radical (unpaired) electrons. The quantitative estimate of drug-likeness (QED) is 0.759. The second kappa shape index (κ2) is 7.40. The van der Waals surface area contributed by atoms with Gasteiger partial charge >= 0.3 is 0 Å². The van der Waals surface area contributed by atoms with Gasteiger partial charge in [0, 0.05) is 25.2 Å². The fourth-order valence-electron chi connectivity index (χ4n) is 3.87. The van der Waals surface area contributed by atoms with Crippen LogP contribution in [0.25, 0.3) is 0 Å². The number of hydrogen-bond acceptors (Lipinski definition) is 4. The SMILES string of the molecule is CCN(C1(CN)CCCCCC1)S(=O)(=O)CC1CCCO1. The minimum absolute atomic E-state index is 0.114. The van der Waals surface area contributed by atoms with Crippen LogP contribution < -0.4 is 5.73 Å². The van der Waals surface area contributed by atoms with Gasteiger partial charge in [-0.2, -0.15) is 4.31 Å². The molecular formula is C15H30N2O3S. The summed E-state index contributed by atoms with van der Waals surface area (Å²) in [5.74, 6) is 0.114. The Labute approximate surface area is 129 Å². The van der Waals surface area contributed by atoms with E-state index in [0.717, 1.165) is 38.5 Å². The standard InChI is InChI=1S/C15H30N2O3S/c1-2-17(15(13-16)9-5-3-4-6-10-15)21(18,19)12-14-8-7-11-20-14/h14H,2-13,16H2,1H3. The molecule has 2 N–H and O–H groups in total. The van der Waals surface area contributed by atoms with Crippen molar-refractivity contribution in [1.29, 1.82) is 0 Å². The Balaban J connectivity index is 2.18. The van der Waals surface area contributed by atoms with Crippen molar-refractivity contribution in [2.75, 3.05) is 25.4 Å². The Hall–Kier alpha value is -0.170. The van der Waals surface area contributed by atoms with Gasteiger partial charge in [0.1, 0.15) is 0 Å². The van der Waals surface area contributed by atoms with Crippen LogP contribution >= 0.6 is 0 Å². The number of likely N-dealkylation sites (N-methyl/N-ethyl adjacent to an activating group) is 1. The first-order valence-electron chi connectivity index (χ1n) is 8.36. The van der Waals surface area contributed by atoms with Crippen LogP contribution in [-0.4, -0.2) is 49.8 Å². The van der Waals surface area contributed by atoms with Crippen molar-refractivity contribution in [1.82, 2.24) is 4.31 Å². The minimum atomic E-state index is -3.31. The van der Waals surface area contributed by atoms with Gasteiger partial charge in [0.15, 0.2) is 0 Å². The summed E-state index contributed by atoms with van der Waals surface area (Å²) in [6.07, 6.45) is 7.98. The van der Waals surface area contributed by atoms with Gasteiger partial charge in [-0.25, -0.2) is 8.42 Å². The lowest BCUT2D eigenvalue weighted by Gasteiger charge is -2.42. The van der Waals surface area contributed by atoms with E-state index in [2.05, 4.69) is 0 Å². The van der Waals surface area contributed by atoms with Crippen LogP contribution in [0, 0.1) is 0 Å². The summed E-state index contributed by atoms with van der Waals surface area (Å²) in [6, 6.07) is 0. The van der Waals surface area contributed by atoms with Crippen molar-refractivity contribution < 1.29 is 13.2 Å². The molecule has 5 nitrogen and oxygen atoms in total. The molecule has 2 rings (SSSR count). The number of hydrogen-bond donors (Lipinski definition) is 1. The molecule has 1 aliphatic heterocycles. The van der Waals surface area contributed by atoms with Gasteiger partial charge in [-0.1, -0.05) is 32.6 Å². The first-order chi connectivity index (χ1) is 10.0. The predicted molar refractivity (Wildman–Crippen MR) is 84.6 cm³/mol. The summed E-state index contributed by atoms with van der Waals surface area (Å²) in [5, 5.41) is 0. The molecule has 0 aromatic rings. The van der Waals surface area contributed by atoms with E-state index in [1.807, 2.05) is 6.92 Å². The van der Waals surface area contributed by atoms with Crippen molar-refractivity contribution in [3.05, 3.63) is 0 Å². The third kappa shape index (κ3) is 3.97. The van der Waals surface area contributed by atoms with Crippen LogP contribution in [-0.2, 0) is 14.8 Å². The van der Waals surface area contributed by atoms with E-state index in [0.29, 0.717) is 19.7 Å². The molecule has 0 bridgehead atoms. The molecular weight excluding hydrogens is 288 g/mol. The maximum atomic E-state index is 12.9. The zero-order valence-electron chi connectivity index (χ0n) is 13.2. The molecule has 1 saturated carbocycles. The van der Waals surface area contributed by atoms with Gasteiger partial charge in [0.25, 0.3) is 0 Å². The predicted octanol–water partition coefficient (Wildman–Crippen LogP) is 1.87. The first-order valence-corrected chi connectivity index (χ1v) is 9.97. The fraction of sp³-hybridized carbons (Fsp3) is 1.00. The van der Waals surface area contributed by atoms with E-state index >= 15 is 0 Å². The van der Waals surface area contributed by atoms with Gasteiger partial charge in [-0.05, 0) is 25.7 Å². The molecule has 2 fully saturated rings. The molecule has 0 spiro atoms. The van der Waals surface area contributed by atoms with Crippen molar-refractivity contribution in [2.45, 2.75) is 69.9 Å². The summed E-state index contributed by atoms with van der Waals surface area (Å²) in [6.45, 7) is 3.54. The second-order valence-electron chi connectivity index (χ2n) is 6.42. The highest BCUT2D eigenvalue weighted by Crippen LogP contribution is 2.34. The lowest BCUT2D eigenvalue weighted by atomic mass is 9.90. The summed E-state index contributed by atoms with van der Waals surface area (Å²) in [7, 11) is -3.31. The average molecular weight is 318 g/mol. The van der Waals surface area contributed by atoms with E-state index in [1.54, 1.807) is 4.31 Å². The molecule has 21 heavy (non-hydrogen) atoms. The first kappa shape index (κ1) is 17.2. The Morgan fingerprint density at radius 3 is 2.33 bits per heavy atom. The van der Waals surface area contributed by atoms with E-state index in [1.165, 1.54) is 12.8 Å². The van der Waals surface area contributed by atoms with Crippen molar-refractivity contribution in [3.8, 4) is 0 Å². The average Bonchev–Trinajstić information content (AvgIpc) is 2.82. The molecule has 1 atom stereocenters. The molecule has 6 heteroatoms. The Kier molecular flexibility index (Phi) is 6.05. The van der Waals surface area contributed by atoms with Crippen LogP contribution in [0.3, 0.4) is 0 Å². The maximum absolute atomic E-state index is 12.9. The van der Waals surface area contributed by atoms with Crippen LogP contribution in [0.4, 0.5) is 0 Å². The van der Waals surface area contributed by atoms with Gasteiger partial charge in [0.2, 0.25) is 10.0 Å². The highest BCUT2D eigenvalue weighted by Gasteiger charge is 2.42. The number of sulfonamides is 1. The smallest absolute Gasteiger partial charge is 0.217 e. The van der Waals surface area contributed by atoms with E-state index < -0.39 is 10.0 Å². The maximum Gasteiger partial charge on any atom is 0.217 e. The Bertz CT molecular complexity index is 411. The van der Waals surface area contributed by atoms with Crippen LogP contribution in [0.15, 0.2) is 0 Å². The Morgan fingerprint density at radius 2 is 1.86 bits per heavy atom. The van der Waals surface area contributed by atoms with Crippen molar-refractivity contribution >= 4 is 10.0 Å². The fourth-order valence-corrected chi connectivity index (χ4v) is 6.02. The molecule has 2 aliphatic rings. The van der Waals surface area contributed by atoms with E-state index in [4.69, 9.17) is 10.5 Å². The topological polar surface area (TPSA) is 72.6 Å². The highest BCUT2D eigenvalue weighted by molar-refractivity contribution is 7.89. The van der Waals surface area contributed by atoms with Gasteiger partial charge in [-0.15, -0.1) is 0 Å². The van der Waals surface area contributed by atoms with Gasteiger partial charge in [0.05, 0.1) is 11.9 Å². The highest BCUT2D eigenvalue weighted by atomic mass is 32.2. The molecule has 124 valence electrons. The summed E-state index contributed by atoms with van der Waals surface area (Å²) in [4.78, 5) is 0. The number of ether oxygens (including phenoxy) is 1. The van der Waals surface area contributed by atoms with Crippen molar-refractivity contribution in [2.24, 2.45) is 5.73 Å². The number of nitrogens with two attached hydrogens (primary N) is 1. The molecule has 0 aromatic heterocycles. The van der Waals surface area contributed by atoms with Crippen LogP contribution in [0.1, 0.15) is 58.3 Å². The monoisotopic (exact) mass is 318 g/mol. The van der Waals surface area contributed by atoms with Gasteiger partial charge in [-0.3, -0.25) is 0 Å². The van der Waals surface area contributed by atoms with Gasteiger partial charge < -0.3 is 10.5 Å². The summed E-state index contributed by atoms with van der Waals surface area (Å²) in [5.41, 5.74) is 5.68. The molecule has 1 heterocycles. The molecule has 0 aromatic carbocycles. The van der Waals surface area contributed by atoms with E-state index in [9.17, 15) is 8.42 Å². The zero-order chi connectivity index (χ0) is 15.3. The third-order valence-electron chi connectivity index (χ3n) is 4.99. The zero-order valence-corrected chi connectivity index (χ0v) is 14.0. The Morgan fingerprint density at radius 1 is 1.19 bits per heavy atom. The van der Waals surface area contributed by atoms with Crippen molar-refractivity contribution in [3.63, 3.8) is 0 Å². The summed E-state index contributed by atoms with van der Waals surface area (Å²) >= 11 is 0. The molecule has 1 aliphatic carbocycles. The van der Waals surface area contributed by atoms with E-state index in [-0.39, 0.29) is 17.4 Å². The molecule has 1 saturated heterocycles. The number of nitrogens with zero attached hydrogens (tertiary/aromatic N) is 1. The number of rotatable bonds is 6. The summed E-state index contributed by atoms with van der Waals surface area (Å²) < 4.78 is 33.0. The minimum Gasteiger partial charge on any atom is -0.377 e. The molecule has 0 amide bonds. The van der Waals surface area contributed by atoms with Crippen LogP contribution in [0.5, 0.6) is 0 Å².